The molecule has 0 aliphatic carbocycles. The molecule has 0 spiro atoms. The van der Waals surface area contributed by atoms with Crippen LogP contribution in [0.5, 0.6) is 5.75 Å². The second-order valence-corrected chi connectivity index (χ2v) is 5.10. The summed E-state index contributed by atoms with van der Waals surface area (Å²) < 4.78 is 5.87. The maximum atomic E-state index is 11.6. The third-order valence-electron chi connectivity index (χ3n) is 2.16. The van der Waals surface area contributed by atoms with E-state index in [4.69, 9.17) is 23.4 Å². The van der Waals surface area contributed by atoms with E-state index >= 15 is 0 Å². The van der Waals surface area contributed by atoms with Crippen molar-refractivity contribution >= 4 is 40.3 Å². The van der Waals surface area contributed by atoms with Gasteiger partial charge in [-0.1, -0.05) is 48.1 Å². The summed E-state index contributed by atoms with van der Waals surface area (Å²) in [7, 11) is 0. The summed E-state index contributed by atoms with van der Waals surface area (Å²) in [6, 6.07) is 7.37. The predicted octanol–water partition coefficient (Wildman–Crippen LogP) is 2.19. The molecule has 1 heterocycles. The van der Waals surface area contributed by atoms with E-state index in [2.05, 4.69) is 11.2 Å². The second-order valence-electron chi connectivity index (χ2n) is 3.38. The van der Waals surface area contributed by atoms with Gasteiger partial charge in [-0.15, -0.1) is 6.42 Å². The van der Waals surface area contributed by atoms with Crippen molar-refractivity contribution in [3.8, 4) is 18.1 Å². The Morgan fingerprint density at radius 2 is 2.28 bits per heavy atom. The van der Waals surface area contributed by atoms with Crippen molar-refractivity contribution in [2.45, 2.75) is 0 Å². The summed E-state index contributed by atoms with van der Waals surface area (Å²) in [5.74, 6) is 2.87. The van der Waals surface area contributed by atoms with Crippen LogP contribution >= 0.6 is 24.0 Å². The zero-order valence-corrected chi connectivity index (χ0v) is 10.9. The Morgan fingerprint density at radius 3 is 2.94 bits per heavy atom. The highest BCUT2D eigenvalue weighted by Crippen LogP contribution is 2.29. The Balaban J connectivity index is 2.29. The monoisotopic (exact) mass is 275 g/mol. The fraction of sp³-hybridized carbons (Fsp3) is 0.0769. The van der Waals surface area contributed by atoms with Gasteiger partial charge in [0.2, 0.25) is 0 Å². The number of thiocarbonyl (C=S) groups is 1. The third-order valence-corrected chi connectivity index (χ3v) is 3.32. The van der Waals surface area contributed by atoms with Gasteiger partial charge in [0.25, 0.3) is 5.91 Å². The minimum Gasteiger partial charge on any atom is -0.480 e. The normalized spacial score (nSPS) is 16.5. The fourth-order valence-corrected chi connectivity index (χ4v) is 2.45. The van der Waals surface area contributed by atoms with Gasteiger partial charge in [0.05, 0.1) is 4.91 Å². The van der Waals surface area contributed by atoms with E-state index in [1.807, 2.05) is 18.2 Å². The molecule has 18 heavy (non-hydrogen) atoms. The van der Waals surface area contributed by atoms with Crippen LogP contribution in [-0.2, 0) is 4.79 Å². The molecule has 1 fully saturated rings. The Kier molecular flexibility index (Phi) is 4.03. The van der Waals surface area contributed by atoms with E-state index in [1.165, 1.54) is 11.8 Å². The first-order valence-corrected chi connectivity index (χ1v) is 6.33. The highest BCUT2D eigenvalue weighted by molar-refractivity contribution is 8.26. The van der Waals surface area contributed by atoms with Crippen LogP contribution in [0.15, 0.2) is 29.2 Å². The number of carbonyl (C=O) groups is 1. The lowest BCUT2D eigenvalue weighted by Gasteiger charge is -2.06. The number of hydrogen-bond donors (Lipinski definition) is 1. The third kappa shape index (κ3) is 2.92. The zero-order chi connectivity index (χ0) is 13.0. The summed E-state index contributed by atoms with van der Waals surface area (Å²) in [5, 5.41) is 2.56. The van der Waals surface area contributed by atoms with E-state index in [9.17, 15) is 4.79 Å². The molecule has 2 rings (SSSR count). The highest BCUT2D eigenvalue weighted by atomic mass is 32.2. The van der Waals surface area contributed by atoms with Gasteiger partial charge in [-0.3, -0.25) is 4.79 Å². The molecule has 0 bridgehead atoms. The van der Waals surface area contributed by atoms with E-state index in [-0.39, 0.29) is 12.5 Å². The maximum absolute atomic E-state index is 11.6. The maximum Gasteiger partial charge on any atom is 0.263 e. The lowest BCUT2D eigenvalue weighted by molar-refractivity contribution is -0.115. The van der Waals surface area contributed by atoms with E-state index in [0.29, 0.717) is 15.0 Å². The van der Waals surface area contributed by atoms with E-state index in [1.54, 1.807) is 12.1 Å². The van der Waals surface area contributed by atoms with Crippen molar-refractivity contribution < 1.29 is 9.53 Å². The number of rotatable bonds is 3. The van der Waals surface area contributed by atoms with Gasteiger partial charge >= 0.3 is 0 Å². The average molecular weight is 275 g/mol. The van der Waals surface area contributed by atoms with Crippen LogP contribution in [0, 0.1) is 12.3 Å². The van der Waals surface area contributed by atoms with Crippen molar-refractivity contribution in [2.75, 3.05) is 6.61 Å². The van der Waals surface area contributed by atoms with Crippen LogP contribution < -0.4 is 10.1 Å². The SMILES string of the molecule is C#CCOc1ccccc1C=C1SC(=S)NC1=O. The lowest BCUT2D eigenvalue weighted by Crippen LogP contribution is -2.17. The van der Waals surface area contributed by atoms with Crippen LogP contribution in [0.2, 0.25) is 0 Å². The van der Waals surface area contributed by atoms with E-state index in [0.717, 1.165) is 5.56 Å². The number of thioether (sulfide) groups is 1. The molecule has 1 N–H and O–H groups in total. The largest absolute Gasteiger partial charge is 0.480 e. The van der Waals surface area contributed by atoms with Crippen molar-refractivity contribution in [2.24, 2.45) is 0 Å². The number of para-hydroxylation sites is 1. The van der Waals surface area contributed by atoms with E-state index < -0.39 is 0 Å². The number of benzene rings is 1. The quantitative estimate of drug-likeness (QED) is 0.521. The number of ether oxygens (including phenoxy) is 1. The van der Waals surface area contributed by atoms with Gasteiger partial charge in [-0.25, -0.2) is 0 Å². The predicted molar refractivity (Wildman–Crippen MR) is 77.1 cm³/mol. The molecule has 0 atom stereocenters. The minimum atomic E-state index is -0.184. The van der Waals surface area contributed by atoms with Gasteiger partial charge in [0.15, 0.2) is 0 Å². The van der Waals surface area contributed by atoms with Gasteiger partial charge < -0.3 is 10.1 Å². The van der Waals surface area contributed by atoms with Gasteiger partial charge in [-0.05, 0) is 12.1 Å². The van der Waals surface area contributed by atoms with Crippen LogP contribution in [0.3, 0.4) is 0 Å². The molecule has 1 amide bonds. The smallest absolute Gasteiger partial charge is 0.263 e. The molecular weight excluding hydrogens is 266 g/mol. The number of terminal acetylenes is 1. The molecule has 1 aromatic carbocycles. The Hall–Kier alpha value is -1.77. The molecule has 0 saturated carbocycles. The first-order valence-electron chi connectivity index (χ1n) is 5.11. The summed E-state index contributed by atoms with van der Waals surface area (Å²) >= 11 is 6.16. The van der Waals surface area contributed by atoms with Gasteiger partial charge in [0.1, 0.15) is 16.7 Å². The lowest BCUT2D eigenvalue weighted by atomic mass is 10.2. The number of hydrogen-bond acceptors (Lipinski definition) is 4. The summed E-state index contributed by atoms with van der Waals surface area (Å²) in [5.41, 5.74) is 0.801. The zero-order valence-electron chi connectivity index (χ0n) is 9.30. The number of nitrogens with one attached hydrogen (secondary N) is 1. The Morgan fingerprint density at radius 1 is 1.50 bits per heavy atom. The molecular formula is C13H9NO2S2. The molecule has 90 valence electrons. The van der Waals surface area contributed by atoms with Gasteiger partial charge in [-0.2, -0.15) is 0 Å². The first kappa shape index (κ1) is 12.7. The average Bonchev–Trinajstić information content (AvgIpc) is 2.67. The van der Waals surface area contributed by atoms with Crippen molar-refractivity contribution in [1.82, 2.24) is 5.32 Å². The Labute approximate surface area is 115 Å². The van der Waals surface area contributed by atoms with Gasteiger partial charge in [0, 0.05) is 5.56 Å². The fourth-order valence-electron chi connectivity index (χ4n) is 1.41. The van der Waals surface area contributed by atoms with Crippen LogP contribution in [0.1, 0.15) is 5.56 Å². The first-order chi connectivity index (χ1) is 8.70. The molecule has 5 heteroatoms. The van der Waals surface area contributed by atoms with Crippen LogP contribution in [0.25, 0.3) is 6.08 Å². The molecule has 1 aliphatic heterocycles. The molecule has 0 radical (unpaired) electrons. The summed E-state index contributed by atoms with van der Waals surface area (Å²) in [6.07, 6.45) is 6.90. The topological polar surface area (TPSA) is 38.3 Å². The molecule has 1 aliphatic rings. The second kappa shape index (κ2) is 5.71. The molecule has 0 unspecified atom stereocenters. The molecule has 0 aromatic heterocycles. The van der Waals surface area contributed by atoms with Crippen molar-refractivity contribution in [1.29, 1.82) is 0 Å². The van der Waals surface area contributed by atoms with Crippen LogP contribution in [0.4, 0.5) is 0 Å². The minimum absolute atomic E-state index is 0.184. The van der Waals surface area contributed by atoms with Crippen molar-refractivity contribution in [3.05, 3.63) is 34.7 Å². The summed E-state index contributed by atoms with van der Waals surface area (Å²) in [6.45, 7) is 0.192. The van der Waals surface area contributed by atoms with Crippen molar-refractivity contribution in [3.63, 3.8) is 0 Å². The number of carbonyl (C=O) groups excluding carboxylic acids is 1. The molecule has 3 nitrogen and oxygen atoms in total. The molecule has 1 saturated heterocycles. The summed E-state index contributed by atoms with van der Waals surface area (Å²) in [4.78, 5) is 12.1. The molecule has 1 aromatic rings. The highest BCUT2D eigenvalue weighted by Gasteiger charge is 2.22. The Bertz CT molecular complexity index is 573. The number of amides is 1. The standard InChI is InChI=1S/C13H9NO2S2/c1-2-7-16-10-6-4-3-5-9(10)8-11-12(15)14-13(17)18-11/h1,3-6,8H,7H2,(H,14,15,17). The van der Waals surface area contributed by atoms with Crippen LogP contribution in [-0.4, -0.2) is 16.8 Å².